The van der Waals surface area contributed by atoms with Crippen LogP contribution in [0.15, 0.2) is 33.7 Å². The van der Waals surface area contributed by atoms with E-state index < -0.39 is 7.26 Å². The molecule has 0 saturated heterocycles. The molecule has 0 aliphatic heterocycles. The topological polar surface area (TPSA) is 0 Å². The van der Waals surface area contributed by atoms with Crippen LogP contribution in [0, 0.1) is 0 Å². The molecule has 0 unspecified atom stereocenters. The van der Waals surface area contributed by atoms with Crippen molar-refractivity contribution < 1.29 is 0 Å². The molecule has 0 amide bonds. The van der Waals surface area contributed by atoms with Crippen LogP contribution in [0.4, 0.5) is 0 Å². The summed E-state index contributed by atoms with van der Waals surface area (Å²) in [6, 6.07) is 4.54. The standard InChI is InChI=1S/C10H13PS2/c1-11(2,9-3-5-12-7-9)10-4-6-13-8-10/h3-8,11H,1-2H3. The first-order chi connectivity index (χ1) is 6.21. The van der Waals surface area contributed by atoms with Gasteiger partial charge in [-0.2, -0.15) is 0 Å². The summed E-state index contributed by atoms with van der Waals surface area (Å²) in [5, 5.41) is 12.0. The summed E-state index contributed by atoms with van der Waals surface area (Å²) in [5.41, 5.74) is 0. The van der Waals surface area contributed by atoms with E-state index in [1.54, 1.807) is 33.3 Å². The molecule has 70 valence electrons. The van der Waals surface area contributed by atoms with E-state index in [-0.39, 0.29) is 0 Å². The van der Waals surface area contributed by atoms with Gasteiger partial charge < -0.3 is 0 Å². The summed E-state index contributed by atoms with van der Waals surface area (Å²) in [5.74, 6) is 0. The molecule has 0 aliphatic carbocycles. The molecule has 0 aliphatic rings. The van der Waals surface area contributed by atoms with Crippen LogP contribution in [0.3, 0.4) is 0 Å². The third-order valence-corrected chi connectivity index (χ3v) is 7.78. The van der Waals surface area contributed by atoms with Crippen molar-refractivity contribution in [3.63, 3.8) is 0 Å². The van der Waals surface area contributed by atoms with Crippen molar-refractivity contribution >= 4 is 40.5 Å². The minimum absolute atomic E-state index is 1.33. The summed E-state index contributed by atoms with van der Waals surface area (Å²) in [7, 11) is -1.33. The van der Waals surface area contributed by atoms with E-state index in [2.05, 4.69) is 47.0 Å². The summed E-state index contributed by atoms with van der Waals surface area (Å²) < 4.78 is 0. The van der Waals surface area contributed by atoms with Crippen molar-refractivity contribution in [1.82, 2.24) is 0 Å². The van der Waals surface area contributed by atoms with E-state index in [0.717, 1.165) is 0 Å². The fourth-order valence-corrected chi connectivity index (χ4v) is 6.80. The van der Waals surface area contributed by atoms with Gasteiger partial charge in [-0.05, 0) is 0 Å². The van der Waals surface area contributed by atoms with Crippen LogP contribution < -0.4 is 10.6 Å². The zero-order valence-corrected chi connectivity index (χ0v) is 10.4. The van der Waals surface area contributed by atoms with Crippen molar-refractivity contribution in [2.45, 2.75) is 0 Å². The van der Waals surface area contributed by atoms with Crippen LogP contribution in [0.1, 0.15) is 0 Å². The van der Waals surface area contributed by atoms with Crippen LogP contribution in [0.2, 0.25) is 0 Å². The Balaban J connectivity index is 2.42. The molecule has 3 heteroatoms. The van der Waals surface area contributed by atoms with Gasteiger partial charge in [0.1, 0.15) is 0 Å². The van der Waals surface area contributed by atoms with Crippen LogP contribution in [-0.2, 0) is 0 Å². The Bertz CT molecular complexity index is 323. The molecular formula is C10H13PS2. The first-order valence-corrected chi connectivity index (χ1v) is 9.15. The fourth-order valence-electron chi connectivity index (χ4n) is 1.41. The molecular weight excluding hydrogens is 215 g/mol. The summed E-state index contributed by atoms with van der Waals surface area (Å²) in [6.45, 7) is 4.83. The average molecular weight is 228 g/mol. The molecule has 0 N–H and O–H groups in total. The van der Waals surface area contributed by atoms with Crippen molar-refractivity contribution in [2.75, 3.05) is 13.3 Å². The molecule has 2 aromatic rings. The molecule has 0 saturated carbocycles. The second kappa shape index (κ2) is 3.53. The molecule has 0 bridgehead atoms. The summed E-state index contributed by atoms with van der Waals surface area (Å²) in [4.78, 5) is 0. The van der Waals surface area contributed by atoms with Crippen molar-refractivity contribution in [3.05, 3.63) is 33.7 Å². The second-order valence-corrected chi connectivity index (χ2v) is 9.61. The minimum atomic E-state index is -1.33. The quantitative estimate of drug-likeness (QED) is 0.693. The van der Waals surface area contributed by atoms with Gasteiger partial charge in [0, 0.05) is 0 Å². The van der Waals surface area contributed by atoms with Gasteiger partial charge in [0.25, 0.3) is 0 Å². The predicted molar refractivity (Wildman–Crippen MR) is 68.1 cm³/mol. The number of hydrogen-bond donors (Lipinski definition) is 0. The Morgan fingerprint density at radius 2 is 1.38 bits per heavy atom. The van der Waals surface area contributed by atoms with Crippen molar-refractivity contribution in [2.24, 2.45) is 0 Å². The SMILES string of the molecule is C[PH](C)(c1ccsc1)c1ccsc1. The Hall–Kier alpha value is -0.170. The maximum atomic E-state index is 2.41. The normalized spacial score (nSPS) is 13.1. The van der Waals surface area contributed by atoms with Crippen LogP contribution in [0.25, 0.3) is 0 Å². The number of rotatable bonds is 2. The Labute approximate surface area is 87.6 Å². The van der Waals surface area contributed by atoms with Gasteiger partial charge in [0.15, 0.2) is 0 Å². The molecule has 0 fully saturated rings. The molecule has 0 aromatic carbocycles. The molecule has 0 spiro atoms. The van der Waals surface area contributed by atoms with Crippen LogP contribution in [-0.4, -0.2) is 13.3 Å². The fraction of sp³-hybridized carbons (Fsp3) is 0.200. The van der Waals surface area contributed by atoms with E-state index in [1.165, 1.54) is 0 Å². The maximum absolute atomic E-state index is 2.41. The molecule has 13 heavy (non-hydrogen) atoms. The Kier molecular flexibility index (Phi) is 2.55. The third kappa shape index (κ3) is 1.71. The molecule has 0 atom stereocenters. The zero-order chi connectivity index (χ0) is 9.31. The monoisotopic (exact) mass is 228 g/mol. The Morgan fingerprint density at radius 1 is 0.923 bits per heavy atom. The average Bonchev–Trinajstić information content (AvgIpc) is 2.78. The summed E-state index contributed by atoms with van der Waals surface area (Å²) >= 11 is 3.60. The van der Waals surface area contributed by atoms with Crippen molar-refractivity contribution in [1.29, 1.82) is 0 Å². The van der Waals surface area contributed by atoms with E-state index in [4.69, 9.17) is 0 Å². The molecule has 2 rings (SSSR count). The van der Waals surface area contributed by atoms with Gasteiger partial charge in [0.05, 0.1) is 0 Å². The van der Waals surface area contributed by atoms with Gasteiger partial charge in [-0.25, -0.2) is 0 Å². The zero-order valence-electron chi connectivity index (χ0n) is 7.78. The third-order valence-electron chi connectivity index (χ3n) is 2.49. The first-order valence-electron chi connectivity index (χ1n) is 4.26. The van der Waals surface area contributed by atoms with Gasteiger partial charge in [-0.1, -0.05) is 0 Å². The van der Waals surface area contributed by atoms with Gasteiger partial charge in [0.2, 0.25) is 0 Å². The van der Waals surface area contributed by atoms with E-state index >= 15 is 0 Å². The van der Waals surface area contributed by atoms with E-state index in [9.17, 15) is 0 Å². The van der Waals surface area contributed by atoms with Crippen LogP contribution in [0.5, 0.6) is 0 Å². The molecule has 0 nitrogen and oxygen atoms in total. The van der Waals surface area contributed by atoms with Crippen molar-refractivity contribution in [3.8, 4) is 0 Å². The van der Waals surface area contributed by atoms with Gasteiger partial charge >= 0.3 is 87.5 Å². The summed E-state index contributed by atoms with van der Waals surface area (Å²) in [6.07, 6.45) is 0. The number of hydrogen-bond acceptors (Lipinski definition) is 2. The second-order valence-electron chi connectivity index (χ2n) is 3.65. The number of thiophene rings is 2. The van der Waals surface area contributed by atoms with E-state index in [0.29, 0.717) is 0 Å². The van der Waals surface area contributed by atoms with Gasteiger partial charge in [-0.15, -0.1) is 0 Å². The molecule has 2 heterocycles. The molecule has 2 aromatic heterocycles. The van der Waals surface area contributed by atoms with Crippen LogP contribution >= 0.6 is 29.9 Å². The predicted octanol–water partition coefficient (Wildman–Crippen LogP) is 2.77. The molecule has 0 radical (unpaired) electrons. The first kappa shape index (κ1) is 9.39. The van der Waals surface area contributed by atoms with Gasteiger partial charge in [-0.3, -0.25) is 0 Å². The Morgan fingerprint density at radius 3 is 1.69 bits per heavy atom. The van der Waals surface area contributed by atoms with E-state index in [1.807, 2.05) is 0 Å².